The molecule has 2 N–H and O–H groups in total. The lowest BCUT2D eigenvalue weighted by Gasteiger charge is -2.37. The van der Waals surface area contributed by atoms with E-state index in [4.69, 9.17) is 5.11 Å². The number of rotatable bonds is 8. The Kier molecular flexibility index (Phi) is 7.40. The van der Waals surface area contributed by atoms with E-state index in [1.165, 1.54) is 5.56 Å². The highest BCUT2D eigenvalue weighted by atomic mass is 16.4. The number of carboxylic acids is 1. The van der Waals surface area contributed by atoms with Gasteiger partial charge in [-0.1, -0.05) is 26.0 Å². The van der Waals surface area contributed by atoms with Gasteiger partial charge in [-0.25, -0.2) is 0 Å². The molecule has 0 atom stereocenters. The molecular formula is C19H29N3O3. The van der Waals surface area contributed by atoms with E-state index in [-0.39, 0.29) is 12.5 Å². The standard InChI is InChI=1S/C19H29N3O3/c1-3-15-6-5-7-16(12-15)20-18(23)13-21-10-8-17(9-11-21)22(4-2)14-19(24)25/h5-7,12,17H,3-4,8-11,13-14H2,1-2H3,(H,20,23)(H,24,25). The summed E-state index contributed by atoms with van der Waals surface area (Å²) < 4.78 is 0. The number of nitrogens with one attached hydrogen (secondary N) is 1. The van der Waals surface area contributed by atoms with Crippen LogP contribution in [-0.4, -0.2) is 65.5 Å². The van der Waals surface area contributed by atoms with Crippen molar-refractivity contribution in [3.63, 3.8) is 0 Å². The molecule has 0 radical (unpaired) electrons. The average molecular weight is 347 g/mol. The predicted molar refractivity (Wildman–Crippen MR) is 98.8 cm³/mol. The van der Waals surface area contributed by atoms with Gasteiger partial charge in [0.2, 0.25) is 5.91 Å². The first-order chi connectivity index (χ1) is 12.0. The summed E-state index contributed by atoms with van der Waals surface area (Å²) in [6.07, 6.45) is 2.75. The van der Waals surface area contributed by atoms with E-state index in [1.54, 1.807) is 0 Å². The Bertz CT molecular complexity index is 583. The number of likely N-dealkylation sites (tertiary alicyclic amines) is 1. The summed E-state index contributed by atoms with van der Waals surface area (Å²) >= 11 is 0. The van der Waals surface area contributed by atoms with Crippen LogP contribution in [0.1, 0.15) is 32.3 Å². The van der Waals surface area contributed by atoms with Crippen molar-refractivity contribution in [2.75, 3.05) is 38.0 Å². The lowest BCUT2D eigenvalue weighted by Crippen LogP contribution is -2.48. The molecule has 2 rings (SSSR count). The van der Waals surface area contributed by atoms with Gasteiger partial charge in [0.1, 0.15) is 0 Å². The minimum absolute atomic E-state index is 0.00425. The summed E-state index contributed by atoms with van der Waals surface area (Å²) in [4.78, 5) is 27.3. The Morgan fingerprint density at radius 2 is 2.00 bits per heavy atom. The molecule has 1 aliphatic rings. The molecule has 1 aromatic rings. The fourth-order valence-corrected chi connectivity index (χ4v) is 3.39. The molecule has 1 fully saturated rings. The molecule has 25 heavy (non-hydrogen) atoms. The van der Waals surface area contributed by atoms with E-state index < -0.39 is 5.97 Å². The van der Waals surface area contributed by atoms with Crippen LogP contribution in [0.2, 0.25) is 0 Å². The zero-order valence-corrected chi connectivity index (χ0v) is 15.2. The highest BCUT2D eigenvalue weighted by molar-refractivity contribution is 5.92. The Labute approximate surface area is 149 Å². The van der Waals surface area contributed by atoms with Crippen molar-refractivity contribution in [2.45, 2.75) is 39.2 Å². The zero-order valence-electron chi connectivity index (χ0n) is 15.2. The van der Waals surface area contributed by atoms with Crippen molar-refractivity contribution < 1.29 is 14.7 Å². The number of likely N-dealkylation sites (N-methyl/N-ethyl adjacent to an activating group) is 1. The summed E-state index contributed by atoms with van der Waals surface area (Å²) in [6, 6.07) is 8.23. The summed E-state index contributed by atoms with van der Waals surface area (Å²) in [5, 5.41) is 12.0. The van der Waals surface area contributed by atoms with E-state index in [1.807, 2.05) is 30.0 Å². The number of carboxylic acid groups (broad SMARTS) is 1. The minimum Gasteiger partial charge on any atom is -0.480 e. The smallest absolute Gasteiger partial charge is 0.317 e. The van der Waals surface area contributed by atoms with Crippen LogP contribution in [0.4, 0.5) is 5.69 Å². The van der Waals surface area contributed by atoms with Gasteiger partial charge in [-0.3, -0.25) is 19.4 Å². The highest BCUT2D eigenvalue weighted by Crippen LogP contribution is 2.17. The number of anilines is 1. The third kappa shape index (κ3) is 6.14. The van der Waals surface area contributed by atoms with Crippen LogP contribution >= 0.6 is 0 Å². The number of carbonyl (C=O) groups is 2. The molecule has 6 heteroatoms. The van der Waals surface area contributed by atoms with Crippen LogP contribution in [0, 0.1) is 0 Å². The monoisotopic (exact) mass is 347 g/mol. The first-order valence-corrected chi connectivity index (χ1v) is 9.08. The Morgan fingerprint density at radius 1 is 1.28 bits per heavy atom. The van der Waals surface area contributed by atoms with Gasteiger partial charge in [-0.15, -0.1) is 0 Å². The number of aliphatic carboxylic acids is 1. The second-order valence-corrected chi connectivity index (χ2v) is 6.57. The van der Waals surface area contributed by atoms with Crippen molar-refractivity contribution in [3.05, 3.63) is 29.8 Å². The first kappa shape index (κ1) is 19.4. The van der Waals surface area contributed by atoms with Gasteiger partial charge >= 0.3 is 5.97 Å². The molecule has 138 valence electrons. The topological polar surface area (TPSA) is 72.9 Å². The molecular weight excluding hydrogens is 318 g/mol. The fourth-order valence-electron chi connectivity index (χ4n) is 3.39. The SMILES string of the molecule is CCc1cccc(NC(=O)CN2CCC(N(CC)CC(=O)O)CC2)c1. The minimum atomic E-state index is -0.780. The molecule has 0 aromatic heterocycles. The van der Waals surface area contributed by atoms with Crippen molar-refractivity contribution in [3.8, 4) is 0 Å². The van der Waals surface area contributed by atoms with Crippen molar-refractivity contribution in [1.82, 2.24) is 9.80 Å². The van der Waals surface area contributed by atoms with Crippen LogP contribution in [0.3, 0.4) is 0 Å². The van der Waals surface area contributed by atoms with E-state index >= 15 is 0 Å². The zero-order chi connectivity index (χ0) is 18.2. The number of aryl methyl sites for hydroxylation is 1. The van der Waals surface area contributed by atoms with Gasteiger partial charge in [0, 0.05) is 24.8 Å². The second kappa shape index (κ2) is 9.53. The molecule has 0 saturated carbocycles. The van der Waals surface area contributed by atoms with Crippen molar-refractivity contribution >= 4 is 17.6 Å². The summed E-state index contributed by atoms with van der Waals surface area (Å²) in [5.74, 6) is -0.775. The van der Waals surface area contributed by atoms with Gasteiger partial charge in [0.05, 0.1) is 13.1 Å². The highest BCUT2D eigenvalue weighted by Gasteiger charge is 2.25. The molecule has 1 aromatic carbocycles. The number of piperidine rings is 1. The van der Waals surface area contributed by atoms with Gasteiger partial charge in [0.25, 0.3) is 0 Å². The van der Waals surface area contributed by atoms with E-state index in [2.05, 4.69) is 23.2 Å². The van der Waals surface area contributed by atoms with Crippen LogP contribution in [0.25, 0.3) is 0 Å². The molecule has 0 unspecified atom stereocenters. The van der Waals surface area contributed by atoms with Gasteiger partial charge in [-0.2, -0.15) is 0 Å². The largest absolute Gasteiger partial charge is 0.480 e. The van der Waals surface area contributed by atoms with Crippen LogP contribution in [-0.2, 0) is 16.0 Å². The Balaban J connectivity index is 1.79. The molecule has 1 heterocycles. The lowest BCUT2D eigenvalue weighted by molar-refractivity contribution is -0.139. The quantitative estimate of drug-likeness (QED) is 0.753. The second-order valence-electron chi connectivity index (χ2n) is 6.57. The number of nitrogens with zero attached hydrogens (tertiary/aromatic N) is 2. The molecule has 6 nitrogen and oxygen atoms in total. The van der Waals surface area contributed by atoms with Crippen LogP contribution in [0.5, 0.6) is 0 Å². The molecule has 1 amide bonds. The van der Waals surface area contributed by atoms with E-state index in [0.717, 1.165) is 44.6 Å². The van der Waals surface area contributed by atoms with Crippen LogP contribution in [0.15, 0.2) is 24.3 Å². The third-order valence-electron chi connectivity index (χ3n) is 4.80. The number of hydrogen-bond donors (Lipinski definition) is 2. The predicted octanol–water partition coefficient (Wildman–Crippen LogP) is 2.06. The Hall–Kier alpha value is -1.92. The maximum Gasteiger partial charge on any atom is 0.317 e. The number of carbonyl (C=O) groups excluding carboxylic acids is 1. The maximum atomic E-state index is 12.3. The number of hydrogen-bond acceptors (Lipinski definition) is 4. The first-order valence-electron chi connectivity index (χ1n) is 9.08. The van der Waals surface area contributed by atoms with E-state index in [0.29, 0.717) is 12.6 Å². The van der Waals surface area contributed by atoms with Crippen molar-refractivity contribution in [2.24, 2.45) is 0 Å². The lowest BCUT2D eigenvalue weighted by atomic mass is 10.0. The molecule has 0 bridgehead atoms. The Morgan fingerprint density at radius 3 is 2.60 bits per heavy atom. The summed E-state index contributed by atoms with van der Waals surface area (Å²) in [5.41, 5.74) is 2.05. The third-order valence-corrected chi connectivity index (χ3v) is 4.80. The van der Waals surface area contributed by atoms with Gasteiger partial charge < -0.3 is 10.4 Å². The van der Waals surface area contributed by atoms with Gasteiger partial charge in [-0.05, 0) is 43.5 Å². The average Bonchev–Trinajstić information content (AvgIpc) is 2.60. The normalized spacial score (nSPS) is 16.1. The van der Waals surface area contributed by atoms with Crippen LogP contribution < -0.4 is 5.32 Å². The number of amides is 1. The molecule has 0 spiro atoms. The molecule has 1 aliphatic heterocycles. The van der Waals surface area contributed by atoms with Gasteiger partial charge in [0.15, 0.2) is 0 Å². The van der Waals surface area contributed by atoms with E-state index in [9.17, 15) is 9.59 Å². The molecule has 1 saturated heterocycles. The maximum absolute atomic E-state index is 12.3. The summed E-state index contributed by atoms with van der Waals surface area (Å²) in [6.45, 7) is 6.95. The fraction of sp³-hybridized carbons (Fsp3) is 0.579. The summed E-state index contributed by atoms with van der Waals surface area (Å²) in [7, 11) is 0. The van der Waals surface area contributed by atoms with Crippen molar-refractivity contribution in [1.29, 1.82) is 0 Å². The molecule has 0 aliphatic carbocycles. The number of benzene rings is 1.